The minimum atomic E-state index is -3.07. The van der Waals surface area contributed by atoms with Crippen molar-refractivity contribution in [1.82, 2.24) is 4.90 Å². The molecule has 0 bridgehead atoms. The zero-order chi connectivity index (χ0) is 14.9. The maximum Gasteiger partial charge on any atom is 0.239 e. The van der Waals surface area contributed by atoms with Gasteiger partial charge in [0.2, 0.25) is 5.91 Å². The molecule has 0 aromatic carbocycles. The Morgan fingerprint density at radius 3 is 2.55 bits per heavy atom. The molecule has 1 saturated heterocycles. The van der Waals surface area contributed by atoms with Crippen molar-refractivity contribution in [1.29, 1.82) is 0 Å². The van der Waals surface area contributed by atoms with Crippen LogP contribution in [0.2, 0.25) is 0 Å². The lowest BCUT2D eigenvalue weighted by Crippen LogP contribution is -2.49. The van der Waals surface area contributed by atoms with Gasteiger partial charge < -0.3 is 15.4 Å². The van der Waals surface area contributed by atoms with Gasteiger partial charge in [0.25, 0.3) is 0 Å². The smallest absolute Gasteiger partial charge is 0.239 e. The first-order valence-corrected chi connectivity index (χ1v) is 9.14. The van der Waals surface area contributed by atoms with Crippen molar-refractivity contribution < 1.29 is 17.9 Å². The molecule has 7 heteroatoms. The number of carbonyl (C=O) groups excluding carboxylic acids is 1. The highest BCUT2D eigenvalue weighted by Gasteiger charge is 2.41. The summed E-state index contributed by atoms with van der Waals surface area (Å²) in [6.07, 6.45) is 4.33. The van der Waals surface area contributed by atoms with Crippen molar-refractivity contribution in [2.45, 2.75) is 43.9 Å². The van der Waals surface area contributed by atoms with Gasteiger partial charge in [-0.2, -0.15) is 0 Å². The van der Waals surface area contributed by atoms with E-state index in [0.717, 1.165) is 12.8 Å². The van der Waals surface area contributed by atoms with Gasteiger partial charge in [0.15, 0.2) is 0 Å². The molecule has 1 aliphatic carbocycles. The lowest BCUT2D eigenvalue weighted by Gasteiger charge is -2.40. The van der Waals surface area contributed by atoms with Gasteiger partial charge in [-0.1, -0.05) is 0 Å². The van der Waals surface area contributed by atoms with Crippen molar-refractivity contribution in [3.05, 3.63) is 0 Å². The summed E-state index contributed by atoms with van der Waals surface area (Å²) in [5.74, 6) is 0.0126. The van der Waals surface area contributed by atoms with Crippen LogP contribution in [0.1, 0.15) is 25.7 Å². The van der Waals surface area contributed by atoms with Crippen molar-refractivity contribution in [2.24, 2.45) is 11.7 Å². The molecule has 2 fully saturated rings. The van der Waals surface area contributed by atoms with Gasteiger partial charge in [0.1, 0.15) is 9.84 Å². The third-order valence-electron chi connectivity index (χ3n) is 4.43. The highest BCUT2D eigenvalue weighted by Crippen LogP contribution is 2.33. The summed E-state index contributed by atoms with van der Waals surface area (Å²) in [6, 6.07) is -0.439. The highest BCUT2D eigenvalue weighted by atomic mass is 32.2. The predicted molar refractivity (Wildman–Crippen MR) is 75.9 cm³/mol. The van der Waals surface area contributed by atoms with Crippen molar-refractivity contribution in [3.8, 4) is 0 Å². The zero-order valence-corrected chi connectivity index (χ0v) is 12.9. The number of hydrogen-bond donors (Lipinski definition) is 1. The summed E-state index contributed by atoms with van der Waals surface area (Å²) in [5.41, 5.74) is 5.77. The van der Waals surface area contributed by atoms with Gasteiger partial charge in [-0.3, -0.25) is 4.79 Å². The fourth-order valence-corrected chi connectivity index (χ4v) is 4.59. The van der Waals surface area contributed by atoms with E-state index in [2.05, 4.69) is 0 Å². The molecule has 116 valence electrons. The number of hydrogen-bond acceptors (Lipinski definition) is 5. The maximum atomic E-state index is 12.1. The predicted octanol–water partition coefficient (Wildman–Crippen LogP) is -0.226. The van der Waals surface area contributed by atoms with Crippen molar-refractivity contribution in [2.75, 3.05) is 25.7 Å². The molecule has 2 rings (SSSR count). The fraction of sp³-hybridized carbons (Fsp3) is 0.923. The van der Waals surface area contributed by atoms with Crippen LogP contribution < -0.4 is 5.73 Å². The summed E-state index contributed by atoms with van der Waals surface area (Å²) >= 11 is 0. The second-order valence-corrected chi connectivity index (χ2v) is 8.20. The van der Waals surface area contributed by atoms with Crippen LogP contribution in [0, 0.1) is 5.92 Å². The van der Waals surface area contributed by atoms with Crippen LogP contribution in [-0.4, -0.2) is 63.1 Å². The van der Waals surface area contributed by atoms with E-state index in [1.807, 2.05) is 0 Å². The first kappa shape index (κ1) is 15.7. The third-order valence-corrected chi connectivity index (χ3v) is 5.46. The lowest BCUT2D eigenvalue weighted by atomic mass is 9.83. The second kappa shape index (κ2) is 5.99. The molecule has 0 aromatic rings. The van der Waals surface area contributed by atoms with E-state index in [1.165, 1.54) is 6.26 Å². The molecule has 0 spiro atoms. The average molecular weight is 304 g/mol. The van der Waals surface area contributed by atoms with E-state index in [1.54, 1.807) is 12.0 Å². The lowest BCUT2D eigenvalue weighted by molar-refractivity contribution is -0.133. The van der Waals surface area contributed by atoms with Crippen molar-refractivity contribution in [3.63, 3.8) is 0 Å². The molecule has 6 nitrogen and oxygen atoms in total. The highest BCUT2D eigenvalue weighted by molar-refractivity contribution is 7.90. The Bertz CT molecular complexity index is 465. The summed E-state index contributed by atoms with van der Waals surface area (Å²) in [4.78, 5) is 13.9. The van der Waals surface area contributed by atoms with E-state index >= 15 is 0 Å². The molecule has 20 heavy (non-hydrogen) atoms. The molecule has 0 aromatic heterocycles. The van der Waals surface area contributed by atoms with Gasteiger partial charge in [-0.15, -0.1) is 0 Å². The van der Waals surface area contributed by atoms with Crippen LogP contribution in [0.5, 0.6) is 0 Å². The molecule has 1 amide bonds. The number of sulfone groups is 1. The molecule has 0 radical (unpaired) electrons. The van der Waals surface area contributed by atoms with Crippen LogP contribution in [0.25, 0.3) is 0 Å². The third kappa shape index (κ3) is 3.51. The van der Waals surface area contributed by atoms with Crippen LogP contribution in [0.4, 0.5) is 0 Å². The summed E-state index contributed by atoms with van der Waals surface area (Å²) in [7, 11) is -1.42. The van der Waals surface area contributed by atoms with E-state index in [-0.39, 0.29) is 29.7 Å². The average Bonchev–Trinajstić information content (AvgIpc) is 2.68. The summed E-state index contributed by atoms with van der Waals surface area (Å²) in [5, 5.41) is 0. The Kier molecular flexibility index (Phi) is 4.71. The molecule has 1 unspecified atom stereocenters. The van der Waals surface area contributed by atoms with Crippen LogP contribution in [0.3, 0.4) is 0 Å². The number of nitrogens with two attached hydrogens (primary N) is 1. The van der Waals surface area contributed by atoms with Gasteiger partial charge in [-0.05, 0) is 31.6 Å². The molecular weight excluding hydrogens is 280 g/mol. The Morgan fingerprint density at radius 2 is 2.05 bits per heavy atom. The Hall–Kier alpha value is -0.660. The van der Waals surface area contributed by atoms with E-state index in [9.17, 15) is 13.2 Å². The minimum Gasteiger partial charge on any atom is -0.381 e. The quantitative estimate of drug-likeness (QED) is 0.775. The summed E-state index contributed by atoms with van der Waals surface area (Å²) < 4.78 is 28.6. The number of nitrogens with zero attached hydrogens (tertiary/aromatic N) is 1. The number of rotatable bonds is 4. The van der Waals surface area contributed by atoms with E-state index in [0.29, 0.717) is 19.4 Å². The van der Waals surface area contributed by atoms with Gasteiger partial charge in [-0.25, -0.2) is 8.42 Å². The zero-order valence-electron chi connectivity index (χ0n) is 12.1. The SMILES string of the molecule is CO[C@@H]1CC[C@H](N2CCC(N)C2=O)[C@H](CS(C)(=O)=O)C1. The van der Waals surface area contributed by atoms with Gasteiger partial charge in [0, 0.05) is 26.0 Å². The van der Waals surface area contributed by atoms with Crippen molar-refractivity contribution >= 4 is 15.7 Å². The largest absolute Gasteiger partial charge is 0.381 e. The van der Waals surface area contributed by atoms with Crippen LogP contribution >= 0.6 is 0 Å². The van der Waals surface area contributed by atoms with Crippen LogP contribution in [-0.2, 0) is 19.4 Å². The van der Waals surface area contributed by atoms with E-state index in [4.69, 9.17) is 10.5 Å². The monoisotopic (exact) mass is 304 g/mol. The molecule has 2 aliphatic rings. The standard InChI is InChI=1S/C13H24N2O4S/c1-19-10-3-4-12(9(7-10)8-20(2,17)18)15-6-5-11(14)13(15)16/h9-12H,3-8,14H2,1-2H3/t9-,10+,11?,12-/m0/s1. The number of ether oxygens (including phenoxy) is 1. The van der Waals surface area contributed by atoms with Crippen LogP contribution in [0.15, 0.2) is 0 Å². The Labute approximate surface area is 120 Å². The second-order valence-electron chi connectivity index (χ2n) is 6.02. The minimum absolute atomic E-state index is 0.0165. The fourth-order valence-electron chi connectivity index (χ4n) is 3.45. The molecule has 1 saturated carbocycles. The van der Waals surface area contributed by atoms with Gasteiger partial charge in [0.05, 0.1) is 17.9 Å². The Morgan fingerprint density at radius 1 is 1.35 bits per heavy atom. The first-order chi connectivity index (χ1) is 9.31. The molecule has 1 aliphatic heterocycles. The topological polar surface area (TPSA) is 89.7 Å². The number of carbonyl (C=O) groups is 1. The number of methoxy groups -OCH3 is 1. The Balaban J connectivity index is 2.14. The van der Waals surface area contributed by atoms with E-state index < -0.39 is 15.9 Å². The molecule has 4 atom stereocenters. The molecular formula is C13H24N2O4S. The number of amides is 1. The molecule has 1 heterocycles. The summed E-state index contributed by atoms with van der Waals surface area (Å²) in [6.45, 7) is 0.641. The number of likely N-dealkylation sites (tertiary alicyclic amines) is 1. The first-order valence-electron chi connectivity index (χ1n) is 7.08. The van der Waals surface area contributed by atoms with Gasteiger partial charge >= 0.3 is 0 Å². The molecule has 2 N–H and O–H groups in total. The maximum absolute atomic E-state index is 12.1. The normalized spacial score (nSPS) is 35.5.